The fraction of sp³-hybridized carbons (Fsp3) is 0.118. The third-order valence-corrected chi connectivity index (χ3v) is 4.03. The molecule has 1 N–H and O–H groups in total. The second-order valence-electron chi connectivity index (χ2n) is 4.87. The average molecular weight is 390 g/mol. The van der Waals surface area contributed by atoms with Gasteiger partial charge in [0, 0.05) is 16.2 Å². The van der Waals surface area contributed by atoms with Gasteiger partial charge < -0.3 is 5.11 Å². The van der Waals surface area contributed by atoms with Crippen LogP contribution < -0.4 is 0 Å². The normalized spacial score (nSPS) is 12.3. The summed E-state index contributed by atoms with van der Waals surface area (Å²) in [7, 11) is 0. The first-order valence-corrected chi connectivity index (χ1v) is 7.84. The second kappa shape index (κ2) is 6.41. The van der Waals surface area contributed by atoms with E-state index in [0.717, 1.165) is 11.3 Å². The summed E-state index contributed by atoms with van der Waals surface area (Å²) >= 11 is 2.27. The zero-order valence-corrected chi connectivity index (χ0v) is 13.5. The molecule has 106 valence electrons. The first-order valence-electron chi connectivity index (χ1n) is 6.76. The topological polar surface area (TPSA) is 38.0 Å². The van der Waals surface area contributed by atoms with Crippen molar-refractivity contribution in [2.24, 2.45) is 0 Å². The minimum Gasteiger partial charge on any atom is -0.386 e. The van der Waals surface area contributed by atoms with Crippen molar-refractivity contribution in [2.45, 2.75) is 12.5 Å². The van der Waals surface area contributed by atoms with Gasteiger partial charge >= 0.3 is 0 Å². The van der Waals surface area contributed by atoms with E-state index in [9.17, 15) is 5.11 Å². The highest BCUT2D eigenvalue weighted by atomic mass is 127. The van der Waals surface area contributed by atoms with E-state index in [4.69, 9.17) is 0 Å². The summed E-state index contributed by atoms with van der Waals surface area (Å²) in [5.41, 5.74) is 2.79. The highest BCUT2D eigenvalue weighted by Crippen LogP contribution is 2.18. The molecule has 0 aliphatic carbocycles. The van der Waals surface area contributed by atoms with Crippen molar-refractivity contribution < 1.29 is 5.11 Å². The van der Waals surface area contributed by atoms with Crippen molar-refractivity contribution in [3.05, 3.63) is 81.7 Å². The molecule has 0 aliphatic heterocycles. The molecule has 0 fully saturated rings. The molecule has 0 bridgehead atoms. The van der Waals surface area contributed by atoms with Gasteiger partial charge in [0.2, 0.25) is 0 Å². The van der Waals surface area contributed by atoms with Crippen molar-refractivity contribution in [3.8, 4) is 5.69 Å². The Balaban J connectivity index is 1.75. The Hall–Kier alpha value is -1.66. The number of rotatable bonds is 4. The molecule has 0 aliphatic rings. The predicted molar refractivity (Wildman–Crippen MR) is 91.4 cm³/mol. The molecule has 0 saturated heterocycles. The Morgan fingerprint density at radius 1 is 1.00 bits per heavy atom. The van der Waals surface area contributed by atoms with Gasteiger partial charge in [-0.15, -0.1) is 0 Å². The monoisotopic (exact) mass is 390 g/mol. The lowest BCUT2D eigenvalue weighted by molar-refractivity contribution is 0.173. The third kappa shape index (κ3) is 3.51. The second-order valence-corrected chi connectivity index (χ2v) is 6.11. The zero-order valence-electron chi connectivity index (χ0n) is 11.4. The minimum absolute atomic E-state index is 0.572. The number of aliphatic hydroxyl groups is 1. The molecular formula is C17H15IN2O. The molecule has 0 saturated carbocycles. The van der Waals surface area contributed by atoms with E-state index < -0.39 is 6.10 Å². The number of hydrogen-bond acceptors (Lipinski definition) is 2. The maximum Gasteiger partial charge on any atom is 0.102 e. The Kier molecular flexibility index (Phi) is 4.36. The predicted octanol–water partition coefficient (Wildman–Crippen LogP) is 3.75. The standard InChI is InChI=1S/C17H15IN2O/c18-14-8-6-13(7-9-14)12-17(21)16-10-11-20(19-16)15-4-2-1-3-5-15/h1-11,17,21H,12H2. The largest absolute Gasteiger partial charge is 0.386 e. The van der Waals surface area contributed by atoms with E-state index in [1.54, 1.807) is 4.68 Å². The smallest absolute Gasteiger partial charge is 0.102 e. The van der Waals surface area contributed by atoms with Gasteiger partial charge in [-0.3, -0.25) is 0 Å². The number of para-hydroxylation sites is 1. The lowest BCUT2D eigenvalue weighted by atomic mass is 10.1. The summed E-state index contributed by atoms with van der Waals surface area (Å²) in [4.78, 5) is 0. The first-order chi connectivity index (χ1) is 10.2. The average Bonchev–Trinajstić information content (AvgIpc) is 3.00. The summed E-state index contributed by atoms with van der Waals surface area (Å²) in [6.07, 6.45) is 1.86. The number of hydrogen-bond donors (Lipinski definition) is 1. The number of nitrogens with zero attached hydrogens (tertiary/aromatic N) is 2. The number of aromatic nitrogens is 2. The molecule has 4 heteroatoms. The Morgan fingerprint density at radius 3 is 2.43 bits per heavy atom. The van der Waals surface area contributed by atoms with Gasteiger partial charge in [-0.1, -0.05) is 30.3 Å². The number of aliphatic hydroxyl groups excluding tert-OH is 1. The van der Waals surface area contributed by atoms with E-state index in [-0.39, 0.29) is 0 Å². The summed E-state index contributed by atoms with van der Waals surface area (Å²) in [5.74, 6) is 0. The van der Waals surface area contributed by atoms with Gasteiger partial charge in [-0.25, -0.2) is 4.68 Å². The minimum atomic E-state index is -0.588. The maximum absolute atomic E-state index is 10.3. The van der Waals surface area contributed by atoms with Gasteiger partial charge in [0.1, 0.15) is 6.10 Å². The quantitative estimate of drug-likeness (QED) is 0.690. The Bertz CT molecular complexity index is 707. The Labute approximate surface area is 137 Å². The van der Waals surface area contributed by atoms with Crippen LogP contribution in [0.15, 0.2) is 66.9 Å². The van der Waals surface area contributed by atoms with Crippen molar-refractivity contribution in [1.29, 1.82) is 0 Å². The fourth-order valence-electron chi connectivity index (χ4n) is 2.19. The van der Waals surface area contributed by atoms with E-state index in [1.165, 1.54) is 3.57 Å². The van der Waals surface area contributed by atoms with Crippen LogP contribution in [-0.2, 0) is 6.42 Å². The number of benzene rings is 2. The van der Waals surface area contributed by atoms with E-state index in [1.807, 2.05) is 66.9 Å². The third-order valence-electron chi connectivity index (χ3n) is 3.31. The molecule has 3 rings (SSSR count). The van der Waals surface area contributed by atoms with Crippen molar-refractivity contribution >= 4 is 22.6 Å². The summed E-state index contributed by atoms with van der Waals surface area (Å²) in [6, 6.07) is 19.9. The van der Waals surface area contributed by atoms with Crippen LogP contribution in [0.4, 0.5) is 0 Å². The van der Waals surface area contributed by atoms with Crippen molar-refractivity contribution in [3.63, 3.8) is 0 Å². The van der Waals surface area contributed by atoms with Gasteiger partial charge in [0.15, 0.2) is 0 Å². The molecular weight excluding hydrogens is 375 g/mol. The van der Waals surface area contributed by atoms with Crippen LogP contribution in [-0.4, -0.2) is 14.9 Å². The van der Waals surface area contributed by atoms with E-state index in [2.05, 4.69) is 27.7 Å². The highest BCUT2D eigenvalue weighted by molar-refractivity contribution is 14.1. The van der Waals surface area contributed by atoms with Gasteiger partial charge in [0.05, 0.1) is 11.4 Å². The van der Waals surface area contributed by atoms with Crippen LogP contribution in [0.25, 0.3) is 5.69 Å². The van der Waals surface area contributed by atoms with Crippen molar-refractivity contribution in [2.75, 3.05) is 0 Å². The molecule has 0 amide bonds. The summed E-state index contributed by atoms with van der Waals surface area (Å²) in [5, 5.41) is 14.8. The van der Waals surface area contributed by atoms with Crippen LogP contribution in [0.2, 0.25) is 0 Å². The zero-order chi connectivity index (χ0) is 14.7. The first kappa shape index (κ1) is 14.3. The maximum atomic E-state index is 10.3. The van der Waals surface area contributed by atoms with E-state index >= 15 is 0 Å². The lowest BCUT2D eigenvalue weighted by Crippen LogP contribution is -2.04. The van der Waals surface area contributed by atoms with E-state index in [0.29, 0.717) is 12.1 Å². The van der Waals surface area contributed by atoms with Gasteiger partial charge in [-0.05, 0) is 58.5 Å². The van der Waals surface area contributed by atoms with Crippen LogP contribution in [0.3, 0.4) is 0 Å². The molecule has 0 spiro atoms. The Morgan fingerprint density at radius 2 is 1.71 bits per heavy atom. The van der Waals surface area contributed by atoms with Gasteiger partial charge in [0.25, 0.3) is 0 Å². The molecule has 21 heavy (non-hydrogen) atoms. The van der Waals surface area contributed by atoms with Crippen molar-refractivity contribution in [1.82, 2.24) is 9.78 Å². The molecule has 1 aromatic heterocycles. The molecule has 1 heterocycles. The lowest BCUT2D eigenvalue weighted by Gasteiger charge is -2.08. The molecule has 3 nitrogen and oxygen atoms in total. The van der Waals surface area contributed by atoms with Crippen LogP contribution in [0, 0.1) is 3.57 Å². The molecule has 3 aromatic rings. The number of halogens is 1. The fourth-order valence-corrected chi connectivity index (χ4v) is 2.55. The van der Waals surface area contributed by atoms with Crippen LogP contribution in [0.1, 0.15) is 17.4 Å². The highest BCUT2D eigenvalue weighted by Gasteiger charge is 2.12. The van der Waals surface area contributed by atoms with Crippen LogP contribution >= 0.6 is 22.6 Å². The molecule has 0 radical (unpaired) electrons. The summed E-state index contributed by atoms with van der Waals surface area (Å²) in [6.45, 7) is 0. The summed E-state index contributed by atoms with van der Waals surface area (Å²) < 4.78 is 2.98. The SMILES string of the molecule is OC(Cc1ccc(I)cc1)c1ccn(-c2ccccc2)n1. The molecule has 1 unspecified atom stereocenters. The molecule has 1 atom stereocenters. The van der Waals surface area contributed by atoms with Gasteiger partial charge in [-0.2, -0.15) is 5.10 Å². The molecule has 2 aromatic carbocycles. The van der Waals surface area contributed by atoms with Crippen LogP contribution in [0.5, 0.6) is 0 Å².